The van der Waals surface area contributed by atoms with Crippen molar-refractivity contribution >= 4 is 32.4 Å². The third kappa shape index (κ3) is 4.53. The Balaban J connectivity index is 1.67. The number of fused-ring (bicyclic) bond motifs is 5. The normalized spacial score (nSPS) is 15.2. The van der Waals surface area contributed by atoms with Crippen molar-refractivity contribution in [3.8, 4) is 29.1 Å². The summed E-state index contributed by atoms with van der Waals surface area (Å²) in [6.07, 6.45) is 8.97. The fourth-order valence-electron chi connectivity index (χ4n) is 4.06. The van der Waals surface area contributed by atoms with Crippen LogP contribution < -0.4 is 10.1 Å². The molecular weight excluding hydrogens is 490 g/mol. The second kappa shape index (κ2) is 8.59. The van der Waals surface area contributed by atoms with Crippen molar-refractivity contribution in [1.82, 2.24) is 29.3 Å². The topological polar surface area (TPSA) is 117 Å². The highest BCUT2D eigenvalue weighted by molar-refractivity contribution is 7.92. The van der Waals surface area contributed by atoms with Crippen LogP contribution in [-0.2, 0) is 22.4 Å². The number of nitrogens with one attached hydrogen (secondary N) is 1. The monoisotopic (exact) mass is 519 g/mol. The second-order valence-corrected chi connectivity index (χ2v) is 12.9. The number of sulfone groups is 1. The van der Waals surface area contributed by atoms with Crippen LogP contribution in [-0.4, -0.2) is 55.3 Å². The smallest absolute Gasteiger partial charge is 0.222 e. The van der Waals surface area contributed by atoms with E-state index in [-0.39, 0.29) is 5.54 Å². The fraction of sp³-hybridized carbons (Fsp3) is 0.385. The summed E-state index contributed by atoms with van der Waals surface area (Å²) in [6.45, 7) is 7.91. The van der Waals surface area contributed by atoms with E-state index >= 15 is 0 Å². The van der Waals surface area contributed by atoms with Crippen molar-refractivity contribution < 1.29 is 13.2 Å². The van der Waals surface area contributed by atoms with Crippen molar-refractivity contribution in [3.05, 3.63) is 42.5 Å². The highest BCUT2D eigenvalue weighted by atomic mass is 32.2. The molecular formula is C26H29N7O3S. The van der Waals surface area contributed by atoms with E-state index in [0.29, 0.717) is 47.5 Å². The van der Waals surface area contributed by atoms with Crippen LogP contribution in [0.1, 0.15) is 39.7 Å². The number of rotatable bonds is 1. The largest absolute Gasteiger partial charge is 0.477 e. The molecule has 0 spiro atoms. The number of ether oxygens (including phenoxy) is 1. The van der Waals surface area contributed by atoms with Crippen LogP contribution in [0.4, 0.5) is 11.6 Å². The lowest BCUT2D eigenvalue weighted by Crippen LogP contribution is -2.28. The Morgan fingerprint density at radius 3 is 2.73 bits per heavy atom. The number of aromatic nitrogens is 6. The van der Waals surface area contributed by atoms with Gasteiger partial charge in [0.2, 0.25) is 5.88 Å². The molecule has 0 saturated heterocycles. The Hall–Kier alpha value is -3.91. The van der Waals surface area contributed by atoms with Gasteiger partial charge in [-0.15, -0.1) is 0 Å². The molecule has 37 heavy (non-hydrogen) atoms. The molecule has 0 aromatic carbocycles. The molecule has 0 unspecified atom stereocenters. The zero-order valence-electron chi connectivity index (χ0n) is 21.7. The molecule has 0 aliphatic carbocycles. The van der Waals surface area contributed by atoms with Gasteiger partial charge in [-0.05, 0) is 33.8 Å². The minimum atomic E-state index is -3.36. The van der Waals surface area contributed by atoms with E-state index in [0.717, 1.165) is 10.9 Å². The molecule has 0 saturated carbocycles. The van der Waals surface area contributed by atoms with Crippen LogP contribution in [0, 0.1) is 11.8 Å². The number of pyridine rings is 1. The van der Waals surface area contributed by atoms with Crippen LogP contribution in [0.3, 0.4) is 0 Å². The highest BCUT2D eigenvalue weighted by Gasteiger charge is 2.29. The maximum Gasteiger partial charge on any atom is 0.222 e. The van der Waals surface area contributed by atoms with Crippen molar-refractivity contribution in [3.63, 3.8) is 0 Å². The van der Waals surface area contributed by atoms with Crippen molar-refractivity contribution in [2.24, 2.45) is 7.05 Å². The van der Waals surface area contributed by atoms with Crippen LogP contribution >= 0.6 is 0 Å². The van der Waals surface area contributed by atoms with E-state index < -0.39 is 14.6 Å². The zero-order chi connectivity index (χ0) is 26.6. The van der Waals surface area contributed by atoms with Gasteiger partial charge in [-0.3, -0.25) is 0 Å². The average Bonchev–Trinajstić information content (AvgIpc) is 3.37. The second-order valence-electron chi connectivity index (χ2n) is 10.3. The van der Waals surface area contributed by atoms with E-state index in [1.807, 2.05) is 19.3 Å². The number of hydrogen-bond donors (Lipinski definition) is 1. The number of anilines is 2. The van der Waals surface area contributed by atoms with Gasteiger partial charge >= 0.3 is 0 Å². The lowest BCUT2D eigenvalue weighted by atomic mass is 10.0. The van der Waals surface area contributed by atoms with Crippen molar-refractivity contribution in [2.45, 2.75) is 44.4 Å². The lowest BCUT2D eigenvalue weighted by Gasteiger charge is -2.28. The maximum atomic E-state index is 12.2. The van der Waals surface area contributed by atoms with Gasteiger partial charge in [-0.1, -0.05) is 11.8 Å². The molecule has 11 heteroatoms. The van der Waals surface area contributed by atoms with Gasteiger partial charge in [-0.2, -0.15) is 5.10 Å². The van der Waals surface area contributed by atoms with Crippen LogP contribution in [0.25, 0.3) is 22.3 Å². The SMILES string of the molecule is Cn1ncc2c1OCCC(C)(C)n1cc(C#CC(C)(C)S(C)(=O)=O)c3cnc(cc31)Nc1ccnc-2n1. The number of hydrogen-bond acceptors (Lipinski definition) is 8. The molecule has 1 N–H and O–H groups in total. The minimum absolute atomic E-state index is 0.364. The number of nitrogens with zero attached hydrogens (tertiary/aromatic N) is 6. The summed E-state index contributed by atoms with van der Waals surface area (Å²) in [7, 11) is -1.54. The van der Waals surface area contributed by atoms with Crippen molar-refractivity contribution in [1.29, 1.82) is 0 Å². The maximum absolute atomic E-state index is 12.2. The van der Waals surface area contributed by atoms with Crippen LogP contribution in [0.2, 0.25) is 0 Å². The summed E-state index contributed by atoms with van der Waals surface area (Å²) in [5.41, 5.74) is 1.97. The van der Waals surface area contributed by atoms with Gasteiger partial charge in [0.25, 0.3) is 0 Å². The molecule has 0 atom stereocenters. The molecule has 5 heterocycles. The van der Waals surface area contributed by atoms with Crippen LogP contribution in [0.5, 0.6) is 5.88 Å². The summed E-state index contributed by atoms with van der Waals surface area (Å²) in [5.74, 6) is 8.35. The summed E-state index contributed by atoms with van der Waals surface area (Å²) >= 11 is 0. The first-order chi connectivity index (χ1) is 17.4. The first-order valence-electron chi connectivity index (χ1n) is 11.9. The van der Waals surface area contributed by atoms with Gasteiger partial charge in [0, 0.05) is 55.3 Å². The first-order valence-corrected chi connectivity index (χ1v) is 13.7. The van der Waals surface area contributed by atoms with Gasteiger partial charge in [0.15, 0.2) is 15.7 Å². The highest BCUT2D eigenvalue weighted by Crippen LogP contribution is 2.33. The van der Waals surface area contributed by atoms with E-state index in [9.17, 15) is 8.42 Å². The number of aryl methyl sites for hydroxylation is 1. The Labute approximate surface area is 216 Å². The predicted octanol–water partition coefficient (Wildman–Crippen LogP) is 3.66. The molecule has 4 aromatic heterocycles. The molecule has 1 aliphatic heterocycles. The Morgan fingerprint density at radius 1 is 1.19 bits per heavy atom. The third-order valence-electron chi connectivity index (χ3n) is 6.76. The molecule has 5 rings (SSSR count). The Morgan fingerprint density at radius 2 is 1.97 bits per heavy atom. The van der Waals surface area contributed by atoms with Gasteiger partial charge < -0.3 is 14.6 Å². The lowest BCUT2D eigenvalue weighted by molar-refractivity contribution is 0.221. The summed E-state index contributed by atoms with van der Waals surface area (Å²) in [4.78, 5) is 13.7. The molecule has 192 valence electrons. The molecule has 0 amide bonds. The standard InChI is InChI=1S/C26H29N7O3S/c1-25(2)10-12-36-24-19(15-29-32(24)5)23-27-11-8-21(31-23)30-22-13-20-18(14-28-22)17(16-33(20)25)7-9-26(3,4)37(6,34)35/h8,11,13-16H,10,12H2,1-6H3,(H,27,28,30,31). The van der Waals surface area contributed by atoms with Gasteiger partial charge in [0.1, 0.15) is 21.9 Å². The molecule has 0 radical (unpaired) electrons. The average molecular weight is 520 g/mol. The minimum Gasteiger partial charge on any atom is -0.477 e. The zero-order valence-corrected chi connectivity index (χ0v) is 22.5. The van der Waals surface area contributed by atoms with E-state index in [1.54, 1.807) is 43.2 Å². The summed E-state index contributed by atoms with van der Waals surface area (Å²) in [5, 5.41) is 8.45. The third-order valence-corrected chi connectivity index (χ3v) is 8.71. The first kappa shape index (κ1) is 24.8. The molecule has 0 fully saturated rings. The predicted molar refractivity (Wildman–Crippen MR) is 142 cm³/mol. The quantitative estimate of drug-likeness (QED) is 0.379. The van der Waals surface area contributed by atoms with Crippen LogP contribution in [0.15, 0.2) is 36.9 Å². The summed E-state index contributed by atoms with van der Waals surface area (Å²) < 4.78 is 33.3. The molecule has 4 bridgehead atoms. The van der Waals surface area contributed by atoms with E-state index in [1.165, 1.54) is 6.26 Å². The van der Waals surface area contributed by atoms with E-state index in [4.69, 9.17) is 4.74 Å². The summed E-state index contributed by atoms with van der Waals surface area (Å²) in [6, 6.07) is 3.72. The molecule has 10 nitrogen and oxygen atoms in total. The van der Waals surface area contributed by atoms with Gasteiger partial charge in [-0.25, -0.2) is 28.1 Å². The Bertz CT molecular complexity index is 1690. The molecule has 1 aliphatic rings. The molecule has 4 aromatic rings. The van der Waals surface area contributed by atoms with Gasteiger partial charge in [0.05, 0.1) is 23.9 Å². The van der Waals surface area contributed by atoms with Crippen molar-refractivity contribution in [2.75, 3.05) is 18.2 Å². The van der Waals surface area contributed by atoms with E-state index in [2.05, 4.69) is 55.6 Å². The fourth-order valence-corrected chi connectivity index (χ4v) is 4.29. The Kier molecular flexibility index (Phi) is 5.75.